The van der Waals surface area contributed by atoms with Crippen LogP contribution < -0.4 is 0 Å². The highest BCUT2D eigenvalue weighted by Gasteiger charge is 2.21. The van der Waals surface area contributed by atoms with Gasteiger partial charge in [0.25, 0.3) is 0 Å². The van der Waals surface area contributed by atoms with Crippen molar-refractivity contribution in [1.29, 1.82) is 0 Å². The number of nitrogens with zero attached hydrogens (tertiary/aromatic N) is 7. The van der Waals surface area contributed by atoms with Gasteiger partial charge in [0.1, 0.15) is 19.2 Å². The van der Waals surface area contributed by atoms with Crippen molar-refractivity contribution in [1.82, 2.24) is 34.3 Å². The number of aromatic nitrogens is 5. The van der Waals surface area contributed by atoms with E-state index in [2.05, 4.69) is 20.1 Å². The Bertz CT molecular complexity index is 627. The van der Waals surface area contributed by atoms with Gasteiger partial charge in [0.05, 0.1) is 17.3 Å². The summed E-state index contributed by atoms with van der Waals surface area (Å²) in [6.45, 7) is 7.04. The SMILES string of the molecule is Cc1nn(CC(=O)N2CCN(CCn3cncn3)CC2)cc1Cl. The van der Waals surface area contributed by atoms with Crippen LogP contribution in [-0.4, -0.2) is 73.0 Å². The molecule has 3 heterocycles. The smallest absolute Gasteiger partial charge is 0.244 e. The molecule has 3 rings (SSSR count). The number of hydrogen-bond acceptors (Lipinski definition) is 5. The Kier molecular flexibility index (Phi) is 4.92. The van der Waals surface area contributed by atoms with Crippen LogP contribution in [0.25, 0.3) is 0 Å². The average molecular weight is 338 g/mol. The van der Waals surface area contributed by atoms with E-state index in [9.17, 15) is 4.79 Å². The molecule has 0 spiro atoms. The van der Waals surface area contributed by atoms with E-state index in [0.29, 0.717) is 5.02 Å². The van der Waals surface area contributed by atoms with Gasteiger partial charge in [0.2, 0.25) is 5.91 Å². The number of carbonyl (C=O) groups is 1. The van der Waals surface area contributed by atoms with Gasteiger partial charge < -0.3 is 4.90 Å². The van der Waals surface area contributed by atoms with Gasteiger partial charge in [-0.2, -0.15) is 10.2 Å². The van der Waals surface area contributed by atoms with E-state index in [1.165, 1.54) is 0 Å². The highest BCUT2D eigenvalue weighted by Crippen LogP contribution is 2.12. The largest absolute Gasteiger partial charge is 0.339 e. The Morgan fingerprint density at radius 3 is 2.61 bits per heavy atom. The summed E-state index contributed by atoms with van der Waals surface area (Å²) in [4.78, 5) is 20.5. The maximum Gasteiger partial charge on any atom is 0.244 e. The van der Waals surface area contributed by atoms with Crippen LogP contribution in [0.4, 0.5) is 0 Å². The molecule has 0 radical (unpaired) electrons. The molecule has 1 saturated heterocycles. The summed E-state index contributed by atoms with van der Waals surface area (Å²) in [7, 11) is 0. The van der Waals surface area contributed by atoms with Gasteiger partial charge in [-0.15, -0.1) is 0 Å². The van der Waals surface area contributed by atoms with Crippen LogP contribution in [0.2, 0.25) is 5.02 Å². The van der Waals surface area contributed by atoms with Crippen LogP contribution in [0.1, 0.15) is 5.69 Å². The highest BCUT2D eigenvalue weighted by atomic mass is 35.5. The van der Waals surface area contributed by atoms with Gasteiger partial charge in [-0.3, -0.25) is 19.1 Å². The molecule has 0 bridgehead atoms. The quantitative estimate of drug-likeness (QED) is 0.783. The minimum absolute atomic E-state index is 0.0834. The van der Waals surface area contributed by atoms with E-state index in [1.807, 2.05) is 16.5 Å². The van der Waals surface area contributed by atoms with Crippen LogP contribution in [-0.2, 0) is 17.9 Å². The number of rotatable bonds is 5. The highest BCUT2D eigenvalue weighted by molar-refractivity contribution is 6.31. The predicted octanol–water partition coefficient (Wildman–Crippen LogP) is 0.281. The molecule has 2 aromatic rings. The summed E-state index contributed by atoms with van der Waals surface area (Å²) >= 11 is 5.97. The summed E-state index contributed by atoms with van der Waals surface area (Å²) < 4.78 is 3.43. The van der Waals surface area contributed by atoms with E-state index in [4.69, 9.17) is 11.6 Å². The first kappa shape index (κ1) is 15.9. The van der Waals surface area contributed by atoms with Crippen LogP contribution in [0.15, 0.2) is 18.9 Å². The van der Waals surface area contributed by atoms with Gasteiger partial charge in [-0.05, 0) is 6.92 Å². The molecule has 1 amide bonds. The lowest BCUT2D eigenvalue weighted by Gasteiger charge is -2.34. The molecule has 1 aliphatic rings. The molecule has 0 unspecified atom stereocenters. The lowest BCUT2D eigenvalue weighted by atomic mass is 10.3. The third kappa shape index (κ3) is 4.08. The fourth-order valence-corrected chi connectivity index (χ4v) is 2.78. The van der Waals surface area contributed by atoms with E-state index in [1.54, 1.807) is 23.5 Å². The monoisotopic (exact) mass is 337 g/mol. The van der Waals surface area contributed by atoms with Gasteiger partial charge in [0.15, 0.2) is 0 Å². The Morgan fingerprint density at radius 1 is 1.22 bits per heavy atom. The molecule has 1 aliphatic heterocycles. The second-order valence-electron chi connectivity index (χ2n) is 5.64. The predicted molar refractivity (Wildman–Crippen MR) is 85.0 cm³/mol. The molecular formula is C14H20ClN7O. The minimum atomic E-state index is 0.0834. The first-order chi connectivity index (χ1) is 11.1. The van der Waals surface area contributed by atoms with Crippen LogP contribution in [0.3, 0.4) is 0 Å². The van der Waals surface area contributed by atoms with Gasteiger partial charge in [-0.1, -0.05) is 11.6 Å². The van der Waals surface area contributed by atoms with Crippen molar-refractivity contribution in [3.63, 3.8) is 0 Å². The molecule has 2 aromatic heterocycles. The molecule has 0 N–H and O–H groups in total. The zero-order chi connectivity index (χ0) is 16.2. The van der Waals surface area contributed by atoms with E-state index in [0.717, 1.165) is 45.0 Å². The average Bonchev–Trinajstić information content (AvgIpc) is 3.16. The molecule has 0 aromatic carbocycles. The normalized spacial score (nSPS) is 16.0. The van der Waals surface area contributed by atoms with E-state index < -0.39 is 0 Å². The molecule has 0 aliphatic carbocycles. The van der Waals surface area contributed by atoms with Crippen LogP contribution in [0, 0.1) is 6.92 Å². The molecule has 23 heavy (non-hydrogen) atoms. The standard InChI is InChI=1S/C14H20ClN7O/c1-12-13(15)8-22(18-12)9-14(23)20-5-2-19(3-6-20)4-7-21-11-16-10-17-21/h8,10-11H,2-7,9H2,1H3. The van der Waals surface area contributed by atoms with Crippen LogP contribution >= 0.6 is 11.6 Å². The fraction of sp³-hybridized carbons (Fsp3) is 0.571. The van der Waals surface area contributed by atoms with Crippen molar-refractivity contribution in [2.24, 2.45) is 0 Å². The fourth-order valence-electron chi connectivity index (χ4n) is 2.63. The first-order valence-electron chi connectivity index (χ1n) is 7.64. The second kappa shape index (κ2) is 7.10. The Balaban J connectivity index is 1.43. The number of aryl methyl sites for hydroxylation is 1. The molecule has 0 saturated carbocycles. The molecule has 1 fully saturated rings. The number of hydrogen-bond donors (Lipinski definition) is 0. The van der Waals surface area contributed by atoms with Gasteiger partial charge in [-0.25, -0.2) is 4.98 Å². The maximum absolute atomic E-state index is 12.3. The maximum atomic E-state index is 12.3. The van der Waals surface area contributed by atoms with Crippen molar-refractivity contribution >= 4 is 17.5 Å². The van der Waals surface area contributed by atoms with E-state index >= 15 is 0 Å². The molecule has 0 atom stereocenters. The van der Waals surface area contributed by atoms with Crippen molar-refractivity contribution in [3.05, 3.63) is 29.6 Å². The van der Waals surface area contributed by atoms with Crippen molar-refractivity contribution in [3.8, 4) is 0 Å². The third-order valence-corrected chi connectivity index (χ3v) is 4.39. The van der Waals surface area contributed by atoms with Crippen LogP contribution in [0.5, 0.6) is 0 Å². The summed E-state index contributed by atoms with van der Waals surface area (Å²) in [5, 5.41) is 8.92. The lowest BCUT2D eigenvalue weighted by Crippen LogP contribution is -2.50. The molecule has 8 nitrogen and oxygen atoms in total. The third-order valence-electron chi connectivity index (χ3n) is 4.02. The number of carbonyl (C=O) groups excluding carboxylic acids is 1. The molecule has 9 heteroatoms. The van der Waals surface area contributed by atoms with E-state index in [-0.39, 0.29) is 12.5 Å². The Labute approximate surface area is 139 Å². The zero-order valence-corrected chi connectivity index (χ0v) is 13.9. The molecule has 124 valence electrons. The van der Waals surface area contributed by atoms with Crippen molar-refractivity contribution < 1.29 is 4.79 Å². The number of halogens is 1. The number of amides is 1. The summed E-state index contributed by atoms with van der Waals surface area (Å²) in [6, 6.07) is 0. The zero-order valence-electron chi connectivity index (χ0n) is 13.1. The lowest BCUT2D eigenvalue weighted by molar-refractivity contribution is -0.133. The summed E-state index contributed by atoms with van der Waals surface area (Å²) in [5.74, 6) is 0.0834. The Hall–Kier alpha value is -1.93. The van der Waals surface area contributed by atoms with Crippen molar-refractivity contribution in [2.45, 2.75) is 20.0 Å². The van der Waals surface area contributed by atoms with Gasteiger partial charge >= 0.3 is 0 Å². The second-order valence-corrected chi connectivity index (χ2v) is 6.05. The summed E-state index contributed by atoms with van der Waals surface area (Å²) in [6.07, 6.45) is 4.96. The summed E-state index contributed by atoms with van der Waals surface area (Å²) in [5.41, 5.74) is 0.748. The minimum Gasteiger partial charge on any atom is -0.339 e. The van der Waals surface area contributed by atoms with Gasteiger partial charge in [0, 0.05) is 38.9 Å². The Morgan fingerprint density at radius 2 is 2.00 bits per heavy atom. The topological polar surface area (TPSA) is 72.1 Å². The van der Waals surface area contributed by atoms with Crippen molar-refractivity contribution in [2.75, 3.05) is 32.7 Å². The number of piperazine rings is 1. The molecular weight excluding hydrogens is 318 g/mol. The first-order valence-corrected chi connectivity index (χ1v) is 8.02.